The maximum Gasteiger partial charge on any atom is 0.275 e. The molecular weight excluding hydrogens is 546 g/mol. The Morgan fingerprint density at radius 2 is 1.52 bits per heavy atom. The predicted molar refractivity (Wildman–Crippen MR) is 175 cm³/mol. The number of benzene rings is 4. The van der Waals surface area contributed by atoms with Crippen LogP contribution in [0.15, 0.2) is 120 Å². The summed E-state index contributed by atoms with van der Waals surface area (Å²) in [5, 5.41) is 7.71. The summed E-state index contributed by atoms with van der Waals surface area (Å²) >= 11 is 0. The van der Waals surface area contributed by atoms with E-state index in [4.69, 9.17) is 19.6 Å². The molecule has 6 heteroatoms. The standard InChI is InChI=1S/C38H33N3O3/c1-43-29-19-15-25(16-20-29)23-28-11-8-13-32-36(28)40-41(37(32)27-17-21-30(44-2)22-18-27)38(42)33-24-35(26-9-4-3-5-10-26)39-34-14-7-6-12-31(33)34/h3-7,9-10,12,14-24,32,37H,8,11,13H2,1-2H3/b28-23+/t32-,37+/m1/s1. The van der Waals surface area contributed by atoms with E-state index in [1.54, 1.807) is 19.2 Å². The van der Waals surface area contributed by atoms with Crippen molar-refractivity contribution >= 4 is 28.6 Å². The first-order valence-corrected chi connectivity index (χ1v) is 15.0. The van der Waals surface area contributed by atoms with Crippen molar-refractivity contribution in [3.8, 4) is 22.8 Å². The SMILES string of the molecule is COc1ccc(/C=C2\CCC[C@@H]3C2=NN(C(=O)c2cc(-c4ccccc4)nc4ccccc24)[C@H]3c2ccc(OC)cc2)cc1. The number of aromatic nitrogens is 1. The summed E-state index contributed by atoms with van der Waals surface area (Å²) in [5.74, 6) is 1.55. The first-order valence-electron chi connectivity index (χ1n) is 15.0. The molecule has 1 saturated carbocycles. The predicted octanol–water partition coefficient (Wildman–Crippen LogP) is 8.36. The van der Waals surface area contributed by atoms with Crippen molar-refractivity contribution in [3.05, 3.63) is 131 Å². The molecule has 0 spiro atoms. The maximum atomic E-state index is 14.8. The Morgan fingerprint density at radius 1 is 0.841 bits per heavy atom. The number of allylic oxidation sites excluding steroid dienone is 1. The van der Waals surface area contributed by atoms with E-state index in [0.717, 1.165) is 69.8 Å². The second-order valence-corrected chi connectivity index (χ2v) is 11.2. The molecule has 0 bridgehead atoms. The van der Waals surface area contributed by atoms with Gasteiger partial charge in [-0.1, -0.05) is 72.8 Å². The highest BCUT2D eigenvalue weighted by atomic mass is 16.5. The molecule has 1 aromatic heterocycles. The first-order chi connectivity index (χ1) is 21.6. The molecule has 2 heterocycles. The third-order valence-electron chi connectivity index (χ3n) is 8.64. The number of methoxy groups -OCH3 is 2. The number of amides is 1. The van der Waals surface area contributed by atoms with Crippen molar-refractivity contribution < 1.29 is 14.3 Å². The fourth-order valence-corrected chi connectivity index (χ4v) is 6.44. The first kappa shape index (κ1) is 27.6. The number of hydrogen-bond acceptors (Lipinski definition) is 5. The molecule has 0 N–H and O–H groups in total. The molecular formula is C38H33N3O3. The molecule has 5 aromatic rings. The smallest absolute Gasteiger partial charge is 0.275 e. The Labute approximate surface area is 257 Å². The van der Waals surface area contributed by atoms with E-state index in [-0.39, 0.29) is 17.9 Å². The van der Waals surface area contributed by atoms with Gasteiger partial charge in [0, 0.05) is 16.9 Å². The van der Waals surface area contributed by atoms with Gasteiger partial charge in [0.25, 0.3) is 5.91 Å². The molecule has 44 heavy (non-hydrogen) atoms. The van der Waals surface area contributed by atoms with E-state index in [2.05, 4.69) is 30.3 Å². The van der Waals surface area contributed by atoms with Gasteiger partial charge < -0.3 is 9.47 Å². The number of fused-ring (bicyclic) bond motifs is 2. The van der Waals surface area contributed by atoms with Gasteiger partial charge in [0.15, 0.2) is 0 Å². The highest BCUT2D eigenvalue weighted by Crippen LogP contribution is 2.45. The minimum Gasteiger partial charge on any atom is -0.497 e. The molecule has 4 aromatic carbocycles. The van der Waals surface area contributed by atoms with Gasteiger partial charge in [0.1, 0.15) is 11.5 Å². The fraction of sp³-hybridized carbons (Fsp3) is 0.184. The van der Waals surface area contributed by atoms with Crippen LogP contribution in [0.1, 0.15) is 46.8 Å². The third kappa shape index (κ3) is 5.13. The van der Waals surface area contributed by atoms with Gasteiger partial charge in [-0.15, -0.1) is 0 Å². The lowest BCUT2D eigenvalue weighted by Crippen LogP contribution is -2.32. The molecule has 1 amide bonds. The highest BCUT2D eigenvalue weighted by molar-refractivity contribution is 6.12. The Hall–Kier alpha value is -5.23. The fourth-order valence-electron chi connectivity index (χ4n) is 6.44. The summed E-state index contributed by atoms with van der Waals surface area (Å²) in [6, 6.07) is 35.6. The largest absolute Gasteiger partial charge is 0.497 e. The quantitative estimate of drug-likeness (QED) is 0.203. The van der Waals surface area contributed by atoms with Gasteiger partial charge in [-0.2, -0.15) is 5.10 Å². The van der Waals surface area contributed by atoms with Gasteiger partial charge >= 0.3 is 0 Å². The monoisotopic (exact) mass is 579 g/mol. The Kier molecular flexibility index (Phi) is 7.40. The summed E-state index contributed by atoms with van der Waals surface area (Å²) < 4.78 is 10.8. The summed E-state index contributed by atoms with van der Waals surface area (Å²) in [5.41, 5.74) is 7.38. The van der Waals surface area contributed by atoms with Crippen molar-refractivity contribution in [1.29, 1.82) is 0 Å². The molecule has 0 radical (unpaired) electrons. The molecule has 2 atom stereocenters. The zero-order valence-corrected chi connectivity index (χ0v) is 24.8. The van der Waals surface area contributed by atoms with Crippen LogP contribution in [0, 0.1) is 5.92 Å². The van der Waals surface area contributed by atoms with Crippen molar-refractivity contribution in [2.45, 2.75) is 25.3 Å². The number of carbonyl (C=O) groups excluding carboxylic acids is 1. The number of hydrazone groups is 1. The van der Waals surface area contributed by atoms with Crippen LogP contribution >= 0.6 is 0 Å². The minimum absolute atomic E-state index is 0.0762. The van der Waals surface area contributed by atoms with Crippen LogP contribution in [0.25, 0.3) is 28.2 Å². The topological polar surface area (TPSA) is 64.0 Å². The highest BCUT2D eigenvalue weighted by Gasteiger charge is 2.44. The summed E-state index contributed by atoms with van der Waals surface area (Å²) in [6.07, 6.45) is 5.09. The van der Waals surface area contributed by atoms with E-state index < -0.39 is 0 Å². The summed E-state index contributed by atoms with van der Waals surface area (Å²) in [4.78, 5) is 19.7. The van der Waals surface area contributed by atoms with E-state index in [0.29, 0.717) is 5.56 Å². The second-order valence-electron chi connectivity index (χ2n) is 11.2. The normalized spacial score (nSPS) is 18.6. The molecule has 1 fully saturated rings. The van der Waals surface area contributed by atoms with Gasteiger partial charge in [0.05, 0.1) is 42.7 Å². The van der Waals surface area contributed by atoms with E-state index in [9.17, 15) is 4.79 Å². The van der Waals surface area contributed by atoms with Gasteiger partial charge in [-0.3, -0.25) is 4.79 Å². The van der Waals surface area contributed by atoms with E-state index in [1.807, 2.05) is 84.9 Å². The lowest BCUT2D eigenvalue weighted by Gasteiger charge is -2.30. The number of hydrogen-bond donors (Lipinski definition) is 0. The number of pyridine rings is 1. The average molecular weight is 580 g/mol. The van der Waals surface area contributed by atoms with Crippen molar-refractivity contribution in [2.75, 3.05) is 14.2 Å². The summed E-state index contributed by atoms with van der Waals surface area (Å²) in [6.45, 7) is 0. The number of carbonyl (C=O) groups is 1. The molecule has 0 unspecified atom stereocenters. The van der Waals surface area contributed by atoms with Crippen LogP contribution < -0.4 is 9.47 Å². The van der Waals surface area contributed by atoms with Crippen LogP contribution in [0.3, 0.4) is 0 Å². The molecule has 1 aliphatic heterocycles. The van der Waals surface area contributed by atoms with Crippen molar-refractivity contribution in [2.24, 2.45) is 11.0 Å². The molecule has 0 saturated heterocycles. The number of nitrogens with zero attached hydrogens (tertiary/aromatic N) is 3. The zero-order chi connectivity index (χ0) is 30.0. The second kappa shape index (κ2) is 11.8. The Morgan fingerprint density at radius 3 is 2.25 bits per heavy atom. The van der Waals surface area contributed by atoms with Gasteiger partial charge in [0.2, 0.25) is 0 Å². The molecule has 6 nitrogen and oxygen atoms in total. The zero-order valence-electron chi connectivity index (χ0n) is 24.8. The number of ether oxygens (including phenoxy) is 2. The van der Waals surface area contributed by atoms with Gasteiger partial charge in [-0.05, 0) is 78.4 Å². The lowest BCUT2D eigenvalue weighted by atomic mass is 9.77. The van der Waals surface area contributed by atoms with Crippen LogP contribution in [-0.2, 0) is 0 Å². The minimum atomic E-state index is -0.241. The van der Waals surface area contributed by atoms with Crippen LogP contribution in [0.2, 0.25) is 0 Å². The Bertz CT molecular complexity index is 1880. The number of para-hydroxylation sites is 1. The third-order valence-corrected chi connectivity index (χ3v) is 8.64. The molecule has 2 aliphatic rings. The van der Waals surface area contributed by atoms with Crippen LogP contribution in [-0.4, -0.2) is 35.8 Å². The molecule has 218 valence electrons. The molecule has 1 aliphatic carbocycles. The van der Waals surface area contributed by atoms with Gasteiger partial charge in [-0.25, -0.2) is 9.99 Å². The summed E-state index contributed by atoms with van der Waals surface area (Å²) in [7, 11) is 3.34. The van der Waals surface area contributed by atoms with Crippen LogP contribution in [0.5, 0.6) is 11.5 Å². The van der Waals surface area contributed by atoms with E-state index in [1.165, 1.54) is 5.57 Å². The average Bonchev–Trinajstić information content (AvgIpc) is 3.49. The van der Waals surface area contributed by atoms with Crippen molar-refractivity contribution in [1.82, 2.24) is 9.99 Å². The Balaban J connectivity index is 1.36. The van der Waals surface area contributed by atoms with Crippen LogP contribution in [0.4, 0.5) is 0 Å². The lowest BCUT2D eigenvalue weighted by molar-refractivity contribution is 0.0683. The maximum absolute atomic E-state index is 14.8. The molecule has 7 rings (SSSR count). The van der Waals surface area contributed by atoms with E-state index >= 15 is 0 Å². The van der Waals surface area contributed by atoms with Crippen molar-refractivity contribution in [3.63, 3.8) is 0 Å². The number of rotatable bonds is 6.